The van der Waals surface area contributed by atoms with E-state index in [1.807, 2.05) is 6.07 Å². The van der Waals surface area contributed by atoms with Gasteiger partial charge in [0.05, 0.1) is 14.2 Å². The van der Waals surface area contributed by atoms with Gasteiger partial charge in [-0.3, -0.25) is 20.4 Å². The number of methoxy groups -OCH3 is 2. The molecule has 0 aliphatic carbocycles. The molecule has 188 valence electrons. The number of carbonyl (C=O) groups is 4. The van der Waals surface area contributed by atoms with Gasteiger partial charge in [0, 0.05) is 18.1 Å². The molecule has 1 aromatic carbocycles. The van der Waals surface area contributed by atoms with Crippen molar-refractivity contribution in [1.29, 1.82) is 0 Å². The zero-order chi connectivity index (χ0) is 26.2. The summed E-state index contributed by atoms with van der Waals surface area (Å²) in [4.78, 5) is 54.1. The summed E-state index contributed by atoms with van der Waals surface area (Å²) in [6, 6.07) is 11.5. The zero-order valence-electron chi connectivity index (χ0n) is 20.6. The third-order valence-electron chi connectivity index (χ3n) is 4.64. The van der Waals surface area contributed by atoms with Crippen molar-refractivity contribution in [2.24, 2.45) is 0 Å². The van der Waals surface area contributed by atoms with Crippen LogP contribution in [0, 0.1) is 0 Å². The molecule has 0 spiro atoms. The molecule has 0 bridgehead atoms. The number of hydrogen-bond acceptors (Lipinski definition) is 8. The zero-order valence-corrected chi connectivity index (χ0v) is 20.6. The summed E-state index contributed by atoms with van der Waals surface area (Å²) in [5, 5.41) is 2.60. The molecule has 2 aromatic rings. The van der Waals surface area contributed by atoms with Crippen molar-refractivity contribution in [3.8, 4) is 5.88 Å². The molecule has 0 aliphatic heterocycles. The molecule has 0 fully saturated rings. The minimum atomic E-state index is -1.48. The molecule has 1 aromatic heterocycles. The normalized spacial score (nSPS) is 12.5. The summed E-state index contributed by atoms with van der Waals surface area (Å²) in [5.41, 5.74) is 2.96. The van der Waals surface area contributed by atoms with E-state index in [-0.39, 0.29) is 23.6 Å². The highest BCUT2D eigenvalue weighted by Crippen LogP contribution is 2.17. The highest BCUT2D eigenvalue weighted by molar-refractivity contribution is 5.99. The van der Waals surface area contributed by atoms with Crippen LogP contribution in [0.25, 0.3) is 0 Å². The van der Waals surface area contributed by atoms with Crippen molar-refractivity contribution in [3.63, 3.8) is 0 Å². The predicted octanol–water partition coefficient (Wildman–Crippen LogP) is 2.16. The third-order valence-corrected chi connectivity index (χ3v) is 4.64. The lowest BCUT2D eigenvalue weighted by molar-refractivity contribution is -0.127. The Kier molecular flexibility index (Phi) is 8.76. The Morgan fingerprint density at radius 2 is 1.60 bits per heavy atom. The number of rotatable bonds is 7. The van der Waals surface area contributed by atoms with Crippen LogP contribution in [-0.2, 0) is 20.7 Å². The standard InChI is InChI=1S/C24H30N4O7/c1-23(2,3)35-22(32)26-24(4,14-15-10-8-7-9-11-15)21(31)28-27-19(29)16-12-17(20(30)34-6)25-18(13-16)33-5/h7-13H,14H2,1-6H3,(H,26,32)(H,27,29)(H,28,31). The van der Waals surface area contributed by atoms with E-state index in [1.165, 1.54) is 33.3 Å². The SMILES string of the molecule is COC(=O)c1cc(C(=O)NNC(=O)C(C)(Cc2ccccc2)NC(=O)OC(C)(C)C)cc(OC)n1. The maximum absolute atomic E-state index is 13.1. The van der Waals surface area contributed by atoms with Gasteiger partial charge in [-0.25, -0.2) is 14.6 Å². The third kappa shape index (κ3) is 7.98. The summed E-state index contributed by atoms with van der Waals surface area (Å²) < 4.78 is 15.0. The number of alkyl carbamates (subject to hydrolysis) is 1. The quantitative estimate of drug-likeness (QED) is 0.399. The van der Waals surface area contributed by atoms with E-state index in [0.29, 0.717) is 0 Å². The molecular formula is C24H30N4O7. The smallest absolute Gasteiger partial charge is 0.408 e. The van der Waals surface area contributed by atoms with E-state index in [1.54, 1.807) is 45.0 Å². The summed E-state index contributed by atoms with van der Waals surface area (Å²) in [6.45, 7) is 6.61. The van der Waals surface area contributed by atoms with Crippen molar-refractivity contribution >= 4 is 23.9 Å². The minimum Gasteiger partial charge on any atom is -0.481 e. The second kappa shape index (κ2) is 11.3. The Morgan fingerprint density at radius 1 is 0.943 bits per heavy atom. The molecule has 0 aliphatic rings. The van der Waals surface area contributed by atoms with Gasteiger partial charge in [0.25, 0.3) is 11.8 Å². The first kappa shape index (κ1) is 27.1. The molecule has 0 saturated heterocycles. The van der Waals surface area contributed by atoms with Gasteiger partial charge in [0.1, 0.15) is 11.1 Å². The van der Waals surface area contributed by atoms with Gasteiger partial charge in [0.15, 0.2) is 5.69 Å². The highest BCUT2D eigenvalue weighted by Gasteiger charge is 2.37. The van der Waals surface area contributed by atoms with Crippen LogP contribution < -0.4 is 20.9 Å². The van der Waals surface area contributed by atoms with Gasteiger partial charge in [-0.2, -0.15) is 0 Å². The van der Waals surface area contributed by atoms with Crippen LogP contribution in [0.1, 0.15) is 54.1 Å². The first-order chi connectivity index (χ1) is 16.4. The molecule has 3 amide bonds. The number of pyridine rings is 1. The fraction of sp³-hybridized carbons (Fsp3) is 0.375. The van der Waals surface area contributed by atoms with Crippen LogP contribution in [-0.4, -0.2) is 54.2 Å². The number of amides is 3. The van der Waals surface area contributed by atoms with E-state index < -0.39 is 35.0 Å². The fourth-order valence-corrected chi connectivity index (χ4v) is 2.99. The lowest BCUT2D eigenvalue weighted by atomic mass is 9.92. The number of hydrazine groups is 1. The predicted molar refractivity (Wildman–Crippen MR) is 126 cm³/mol. The number of ether oxygens (including phenoxy) is 3. The number of carbonyl (C=O) groups excluding carboxylic acids is 4. The number of benzene rings is 1. The van der Waals surface area contributed by atoms with Crippen molar-refractivity contribution < 1.29 is 33.4 Å². The van der Waals surface area contributed by atoms with Crippen LogP contribution in [0.2, 0.25) is 0 Å². The molecule has 3 N–H and O–H groups in total. The fourth-order valence-electron chi connectivity index (χ4n) is 2.99. The van der Waals surface area contributed by atoms with Crippen molar-refractivity contribution in [2.75, 3.05) is 14.2 Å². The molecule has 1 atom stereocenters. The number of hydrogen-bond donors (Lipinski definition) is 3. The maximum Gasteiger partial charge on any atom is 0.408 e. The van der Waals surface area contributed by atoms with Crippen LogP contribution in [0.5, 0.6) is 5.88 Å². The molecule has 1 heterocycles. The van der Waals surface area contributed by atoms with Crippen molar-refractivity contribution in [2.45, 2.75) is 45.3 Å². The van der Waals surface area contributed by atoms with Crippen molar-refractivity contribution in [3.05, 3.63) is 59.3 Å². The summed E-state index contributed by atoms with van der Waals surface area (Å²) in [5.74, 6) is -2.21. The first-order valence-electron chi connectivity index (χ1n) is 10.7. The Labute approximate surface area is 203 Å². The average Bonchev–Trinajstić information content (AvgIpc) is 2.80. The lowest BCUT2D eigenvalue weighted by Gasteiger charge is -2.31. The average molecular weight is 487 g/mol. The summed E-state index contributed by atoms with van der Waals surface area (Å²) in [7, 11) is 2.50. The molecule has 11 nitrogen and oxygen atoms in total. The van der Waals surface area contributed by atoms with Gasteiger partial charge >= 0.3 is 12.1 Å². The first-order valence-corrected chi connectivity index (χ1v) is 10.7. The largest absolute Gasteiger partial charge is 0.481 e. The number of nitrogens with one attached hydrogen (secondary N) is 3. The van der Waals surface area contributed by atoms with E-state index in [2.05, 4.69) is 25.9 Å². The number of esters is 1. The molecule has 0 radical (unpaired) electrons. The Morgan fingerprint density at radius 3 is 2.17 bits per heavy atom. The van der Waals surface area contributed by atoms with Crippen LogP contribution in [0.3, 0.4) is 0 Å². The van der Waals surface area contributed by atoms with Gasteiger partial charge in [0.2, 0.25) is 5.88 Å². The van der Waals surface area contributed by atoms with Crippen LogP contribution >= 0.6 is 0 Å². The molecule has 2 rings (SSSR count). The maximum atomic E-state index is 13.1. The molecule has 11 heteroatoms. The van der Waals surface area contributed by atoms with Crippen LogP contribution in [0.4, 0.5) is 4.79 Å². The number of aromatic nitrogens is 1. The van der Waals surface area contributed by atoms with E-state index in [4.69, 9.17) is 9.47 Å². The van der Waals surface area contributed by atoms with Gasteiger partial charge in [-0.1, -0.05) is 30.3 Å². The van der Waals surface area contributed by atoms with Gasteiger partial charge < -0.3 is 19.5 Å². The van der Waals surface area contributed by atoms with E-state index in [9.17, 15) is 19.2 Å². The second-order valence-corrected chi connectivity index (χ2v) is 8.80. The highest BCUT2D eigenvalue weighted by atomic mass is 16.6. The summed E-state index contributed by atoms with van der Waals surface area (Å²) >= 11 is 0. The Balaban J connectivity index is 2.22. The lowest BCUT2D eigenvalue weighted by Crippen LogP contribution is -2.61. The molecule has 0 saturated carbocycles. The summed E-state index contributed by atoms with van der Waals surface area (Å²) in [6.07, 6.45) is -0.677. The Bertz CT molecular complexity index is 1080. The van der Waals surface area contributed by atoms with E-state index in [0.717, 1.165) is 5.56 Å². The van der Waals surface area contributed by atoms with Crippen molar-refractivity contribution in [1.82, 2.24) is 21.2 Å². The van der Waals surface area contributed by atoms with E-state index >= 15 is 0 Å². The van der Waals surface area contributed by atoms with Gasteiger partial charge in [-0.05, 0) is 39.3 Å². The molecular weight excluding hydrogens is 456 g/mol. The molecule has 1 unspecified atom stereocenters. The Hall–Kier alpha value is -4.15. The van der Waals surface area contributed by atoms with Crippen LogP contribution in [0.15, 0.2) is 42.5 Å². The second-order valence-electron chi connectivity index (χ2n) is 8.80. The minimum absolute atomic E-state index is 0.00452. The van der Waals surface area contributed by atoms with Gasteiger partial charge in [-0.15, -0.1) is 0 Å². The number of nitrogens with zero attached hydrogens (tertiary/aromatic N) is 1. The molecule has 35 heavy (non-hydrogen) atoms. The topological polar surface area (TPSA) is 145 Å². The monoisotopic (exact) mass is 486 g/mol.